The van der Waals surface area contributed by atoms with Crippen molar-refractivity contribution >= 4 is 17.2 Å². The van der Waals surface area contributed by atoms with Gasteiger partial charge in [-0.25, -0.2) is 0 Å². The SMILES string of the molecule is CC(C)Oc1ccc(C(=O)N(Cc2ccsc2)Cc2ccccn2)cc1. The van der Waals surface area contributed by atoms with Crippen LogP contribution in [0.5, 0.6) is 5.75 Å². The molecule has 26 heavy (non-hydrogen) atoms. The van der Waals surface area contributed by atoms with E-state index in [2.05, 4.69) is 10.4 Å². The summed E-state index contributed by atoms with van der Waals surface area (Å²) in [5, 5.41) is 4.09. The molecule has 0 saturated heterocycles. The molecular weight excluding hydrogens is 344 g/mol. The van der Waals surface area contributed by atoms with Crippen LogP contribution in [0, 0.1) is 0 Å². The lowest BCUT2D eigenvalue weighted by Gasteiger charge is -2.22. The van der Waals surface area contributed by atoms with Gasteiger partial charge in [-0.1, -0.05) is 6.07 Å². The fourth-order valence-electron chi connectivity index (χ4n) is 2.62. The molecule has 3 aromatic rings. The minimum Gasteiger partial charge on any atom is -0.491 e. The Balaban J connectivity index is 1.79. The molecule has 0 bridgehead atoms. The third-order valence-electron chi connectivity index (χ3n) is 3.79. The largest absolute Gasteiger partial charge is 0.491 e. The van der Waals surface area contributed by atoms with E-state index in [-0.39, 0.29) is 12.0 Å². The minimum atomic E-state index is -0.0158. The number of hydrogen-bond donors (Lipinski definition) is 0. The van der Waals surface area contributed by atoms with Crippen molar-refractivity contribution < 1.29 is 9.53 Å². The molecule has 0 fully saturated rings. The monoisotopic (exact) mass is 366 g/mol. The van der Waals surface area contributed by atoms with Gasteiger partial charge in [0.25, 0.3) is 5.91 Å². The van der Waals surface area contributed by atoms with Gasteiger partial charge in [0.2, 0.25) is 0 Å². The van der Waals surface area contributed by atoms with Crippen LogP contribution in [0.4, 0.5) is 0 Å². The summed E-state index contributed by atoms with van der Waals surface area (Å²) in [5.41, 5.74) is 2.64. The second kappa shape index (κ2) is 8.63. The van der Waals surface area contributed by atoms with Gasteiger partial charge in [0, 0.05) is 18.3 Å². The third-order valence-corrected chi connectivity index (χ3v) is 4.52. The molecule has 0 atom stereocenters. The van der Waals surface area contributed by atoms with Gasteiger partial charge < -0.3 is 9.64 Å². The van der Waals surface area contributed by atoms with E-state index >= 15 is 0 Å². The Morgan fingerprint density at radius 1 is 1.12 bits per heavy atom. The predicted molar refractivity (Wildman–Crippen MR) is 104 cm³/mol. The van der Waals surface area contributed by atoms with Crippen molar-refractivity contribution in [2.75, 3.05) is 0 Å². The van der Waals surface area contributed by atoms with E-state index in [4.69, 9.17) is 4.74 Å². The summed E-state index contributed by atoms with van der Waals surface area (Å²) in [4.78, 5) is 19.3. The Labute approximate surface area is 158 Å². The van der Waals surface area contributed by atoms with Crippen LogP contribution in [-0.4, -0.2) is 21.9 Å². The highest BCUT2D eigenvalue weighted by molar-refractivity contribution is 7.07. The highest BCUT2D eigenvalue weighted by Gasteiger charge is 2.17. The molecule has 1 aromatic carbocycles. The second-order valence-electron chi connectivity index (χ2n) is 6.30. The molecule has 0 aliphatic carbocycles. The van der Waals surface area contributed by atoms with Crippen molar-refractivity contribution in [1.29, 1.82) is 0 Å². The van der Waals surface area contributed by atoms with Crippen LogP contribution in [-0.2, 0) is 13.1 Å². The smallest absolute Gasteiger partial charge is 0.254 e. The van der Waals surface area contributed by atoms with E-state index in [1.807, 2.05) is 72.7 Å². The minimum absolute atomic E-state index is 0.0158. The first-order valence-corrected chi connectivity index (χ1v) is 9.53. The zero-order chi connectivity index (χ0) is 18.4. The molecule has 0 unspecified atom stereocenters. The average Bonchev–Trinajstić information content (AvgIpc) is 3.15. The van der Waals surface area contributed by atoms with Crippen LogP contribution in [0.1, 0.15) is 35.5 Å². The lowest BCUT2D eigenvalue weighted by atomic mass is 10.1. The van der Waals surface area contributed by atoms with E-state index < -0.39 is 0 Å². The maximum absolute atomic E-state index is 13.1. The summed E-state index contributed by atoms with van der Waals surface area (Å²) in [6.45, 7) is 4.99. The molecule has 134 valence electrons. The Bertz CT molecular complexity index is 815. The summed E-state index contributed by atoms with van der Waals surface area (Å²) in [6, 6.07) is 15.1. The van der Waals surface area contributed by atoms with Gasteiger partial charge in [0.1, 0.15) is 5.75 Å². The number of hydrogen-bond acceptors (Lipinski definition) is 4. The number of carbonyl (C=O) groups is 1. The van der Waals surface area contributed by atoms with Crippen molar-refractivity contribution in [2.45, 2.75) is 33.0 Å². The number of pyridine rings is 1. The van der Waals surface area contributed by atoms with Crippen molar-refractivity contribution in [1.82, 2.24) is 9.88 Å². The van der Waals surface area contributed by atoms with E-state index in [0.717, 1.165) is 17.0 Å². The number of ether oxygens (including phenoxy) is 1. The van der Waals surface area contributed by atoms with E-state index in [1.165, 1.54) is 0 Å². The Morgan fingerprint density at radius 3 is 2.54 bits per heavy atom. The predicted octanol–water partition coefficient (Wildman–Crippen LogP) is 4.77. The first kappa shape index (κ1) is 18.1. The van der Waals surface area contributed by atoms with E-state index in [9.17, 15) is 4.79 Å². The number of rotatable bonds is 7. The fourth-order valence-corrected chi connectivity index (χ4v) is 3.28. The molecule has 0 aliphatic rings. The molecule has 2 heterocycles. The first-order valence-electron chi connectivity index (χ1n) is 8.59. The molecule has 3 rings (SSSR count). The zero-order valence-electron chi connectivity index (χ0n) is 15.0. The quantitative estimate of drug-likeness (QED) is 0.605. The number of benzene rings is 1. The summed E-state index contributed by atoms with van der Waals surface area (Å²) in [6.07, 6.45) is 1.86. The van der Waals surface area contributed by atoms with Gasteiger partial charge in [-0.3, -0.25) is 9.78 Å². The van der Waals surface area contributed by atoms with Crippen LogP contribution in [0.15, 0.2) is 65.5 Å². The number of nitrogens with zero attached hydrogens (tertiary/aromatic N) is 2. The van der Waals surface area contributed by atoms with Crippen molar-refractivity contribution in [3.8, 4) is 5.75 Å². The summed E-state index contributed by atoms with van der Waals surface area (Å²) in [7, 11) is 0. The number of amides is 1. The van der Waals surface area contributed by atoms with Crippen LogP contribution in [0.2, 0.25) is 0 Å². The molecule has 5 heteroatoms. The normalized spacial score (nSPS) is 10.7. The van der Waals surface area contributed by atoms with Crippen LogP contribution in [0.25, 0.3) is 0 Å². The van der Waals surface area contributed by atoms with E-state index in [1.54, 1.807) is 17.5 Å². The standard InChI is InChI=1S/C21H22N2O2S/c1-16(2)25-20-8-6-18(7-9-20)21(24)23(13-17-10-12-26-15-17)14-19-5-3-4-11-22-19/h3-12,15-16H,13-14H2,1-2H3. The molecule has 0 aliphatic heterocycles. The fraction of sp³-hybridized carbons (Fsp3) is 0.238. The van der Waals surface area contributed by atoms with Crippen LogP contribution < -0.4 is 4.74 Å². The average molecular weight is 366 g/mol. The second-order valence-corrected chi connectivity index (χ2v) is 7.08. The van der Waals surface area contributed by atoms with Gasteiger partial charge in [0.15, 0.2) is 0 Å². The molecule has 0 radical (unpaired) electrons. The number of thiophene rings is 1. The zero-order valence-corrected chi connectivity index (χ0v) is 15.8. The lowest BCUT2D eigenvalue weighted by molar-refractivity contribution is 0.0728. The highest BCUT2D eigenvalue weighted by Crippen LogP contribution is 2.18. The van der Waals surface area contributed by atoms with Gasteiger partial charge >= 0.3 is 0 Å². The molecule has 1 amide bonds. The maximum Gasteiger partial charge on any atom is 0.254 e. The lowest BCUT2D eigenvalue weighted by Crippen LogP contribution is -2.30. The number of carbonyl (C=O) groups excluding carboxylic acids is 1. The van der Waals surface area contributed by atoms with E-state index in [0.29, 0.717) is 18.7 Å². The highest BCUT2D eigenvalue weighted by atomic mass is 32.1. The van der Waals surface area contributed by atoms with Crippen LogP contribution >= 0.6 is 11.3 Å². The van der Waals surface area contributed by atoms with Crippen molar-refractivity contribution in [3.05, 3.63) is 82.3 Å². The Kier molecular flexibility index (Phi) is 6.02. The molecule has 0 N–H and O–H groups in total. The van der Waals surface area contributed by atoms with Crippen LogP contribution in [0.3, 0.4) is 0 Å². The Hall–Kier alpha value is -2.66. The molecule has 0 saturated carbocycles. The first-order chi connectivity index (χ1) is 12.6. The molecule has 4 nitrogen and oxygen atoms in total. The number of aromatic nitrogens is 1. The van der Waals surface area contributed by atoms with Gasteiger partial charge in [0.05, 0.1) is 18.3 Å². The molecular formula is C21H22N2O2S. The maximum atomic E-state index is 13.1. The molecule has 2 aromatic heterocycles. The van der Waals surface area contributed by atoms with Crippen molar-refractivity contribution in [2.24, 2.45) is 0 Å². The van der Waals surface area contributed by atoms with Gasteiger partial charge in [-0.05, 0) is 72.6 Å². The topological polar surface area (TPSA) is 42.4 Å². The van der Waals surface area contributed by atoms with Crippen molar-refractivity contribution in [3.63, 3.8) is 0 Å². The Morgan fingerprint density at radius 2 is 1.92 bits per heavy atom. The summed E-state index contributed by atoms with van der Waals surface area (Å²) in [5.74, 6) is 0.753. The van der Waals surface area contributed by atoms with Gasteiger partial charge in [-0.15, -0.1) is 0 Å². The summed E-state index contributed by atoms with van der Waals surface area (Å²) < 4.78 is 5.66. The summed E-state index contributed by atoms with van der Waals surface area (Å²) >= 11 is 1.63. The third kappa shape index (κ3) is 4.92. The van der Waals surface area contributed by atoms with Gasteiger partial charge in [-0.2, -0.15) is 11.3 Å². The molecule has 0 spiro atoms.